The molecule has 0 saturated heterocycles. The van der Waals surface area contributed by atoms with Crippen LogP contribution in [0.25, 0.3) is 10.9 Å². The fraction of sp³-hybridized carbons (Fsp3) is 0.440. The van der Waals surface area contributed by atoms with E-state index in [0.29, 0.717) is 12.8 Å². The number of hydrogen-bond acceptors (Lipinski definition) is 1. The molecule has 0 bridgehead atoms. The summed E-state index contributed by atoms with van der Waals surface area (Å²) in [6, 6.07) is 17.9. The summed E-state index contributed by atoms with van der Waals surface area (Å²) in [5, 5.41) is 1.12. The van der Waals surface area contributed by atoms with Gasteiger partial charge in [0.2, 0.25) is 0 Å². The smallest absolute Gasteiger partial charge is 0.261 e. The predicted octanol–water partition coefficient (Wildman–Crippen LogP) is 6.02. The van der Waals surface area contributed by atoms with Crippen molar-refractivity contribution < 1.29 is 8.78 Å². The Hall–Kier alpha value is -2.20. The Bertz CT molecular complexity index is 1040. The van der Waals surface area contributed by atoms with E-state index in [1.54, 1.807) is 0 Å². The van der Waals surface area contributed by atoms with Crippen molar-refractivity contribution in [1.29, 1.82) is 0 Å². The lowest BCUT2D eigenvalue weighted by molar-refractivity contribution is -0.158. The molecule has 1 heterocycles. The summed E-state index contributed by atoms with van der Waals surface area (Å²) in [4.78, 5) is 5.45. The second kappa shape index (κ2) is 6.40. The number of aromatic amines is 1. The van der Waals surface area contributed by atoms with Crippen LogP contribution in [0.1, 0.15) is 48.9 Å². The normalized spacial score (nSPS) is 28.7. The fourth-order valence-corrected chi connectivity index (χ4v) is 6.04. The van der Waals surface area contributed by atoms with Gasteiger partial charge in [-0.05, 0) is 63.4 Å². The van der Waals surface area contributed by atoms with Gasteiger partial charge in [0.15, 0.2) is 0 Å². The van der Waals surface area contributed by atoms with Crippen molar-refractivity contribution in [2.75, 3.05) is 14.1 Å². The Balaban J connectivity index is 1.64. The average Bonchev–Trinajstić information content (AvgIpc) is 3.10. The van der Waals surface area contributed by atoms with Crippen LogP contribution >= 0.6 is 0 Å². The van der Waals surface area contributed by atoms with E-state index in [1.165, 1.54) is 0 Å². The molecule has 3 aromatic rings. The maximum atomic E-state index is 16.2. The summed E-state index contributed by atoms with van der Waals surface area (Å²) in [5.41, 5.74) is 2.17. The van der Waals surface area contributed by atoms with Crippen LogP contribution < -0.4 is 0 Å². The number of hydrogen-bond donors (Lipinski definition) is 1. The van der Waals surface area contributed by atoms with Gasteiger partial charge in [0.25, 0.3) is 5.92 Å². The van der Waals surface area contributed by atoms with Crippen LogP contribution in [0.4, 0.5) is 8.78 Å². The molecule has 0 radical (unpaired) electrons. The number of para-hydroxylation sites is 1. The zero-order valence-electron chi connectivity index (χ0n) is 17.1. The van der Waals surface area contributed by atoms with Crippen LogP contribution in [0.3, 0.4) is 0 Å². The summed E-state index contributed by atoms with van der Waals surface area (Å²) < 4.78 is 32.5. The van der Waals surface area contributed by atoms with Gasteiger partial charge in [0.05, 0.1) is 11.0 Å². The number of benzene rings is 2. The molecule has 1 N–H and O–H groups in total. The maximum absolute atomic E-state index is 16.2. The van der Waals surface area contributed by atoms with E-state index < -0.39 is 16.9 Å². The number of rotatable bonds is 2. The van der Waals surface area contributed by atoms with Gasteiger partial charge in [-0.3, -0.25) is 4.90 Å². The van der Waals surface area contributed by atoms with Gasteiger partial charge in [0.1, 0.15) is 0 Å². The SMILES string of the molecule is CN(C)C1(c2ccccc2)CCC2(CCCc3c2[nH]c2ccccc32)C(F)(F)C1. The van der Waals surface area contributed by atoms with Gasteiger partial charge in [-0.25, -0.2) is 8.78 Å². The topological polar surface area (TPSA) is 19.0 Å². The Morgan fingerprint density at radius 2 is 1.62 bits per heavy atom. The van der Waals surface area contributed by atoms with Crippen molar-refractivity contribution in [1.82, 2.24) is 9.88 Å². The van der Waals surface area contributed by atoms with E-state index in [2.05, 4.69) is 11.1 Å². The standard InChI is InChI=1S/C25H28F2N2/c1-29(2)24(18-9-4-3-5-10-18)16-15-23(25(26,27)17-24)14-8-12-20-19-11-6-7-13-21(19)28-22(20)23/h3-7,9-11,13,28H,8,12,14-17H2,1-2H3. The first-order chi connectivity index (χ1) is 13.9. The van der Waals surface area contributed by atoms with Crippen molar-refractivity contribution >= 4 is 10.9 Å². The minimum absolute atomic E-state index is 0.147. The van der Waals surface area contributed by atoms with Crippen molar-refractivity contribution in [3.8, 4) is 0 Å². The first-order valence-electron chi connectivity index (χ1n) is 10.6. The highest BCUT2D eigenvalue weighted by Gasteiger charge is 2.64. The molecule has 29 heavy (non-hydrogen) atoms. The van der Waals surface area contributed by atoms with Gasteiger partial charge in [0, 0.05) is 23.0 Å². The van der Waals surface area contributed by atoms with Crippen LogP contribution in [0.2, 0.25) is 0 Å². The van der Waals surface area contributed by atoms with E-state index in [4.69, 9.17) is 0 Å². The Morgan fingerprint density at radius 1 is 0.897 bits per heavy atom. The Kier molecular flexibility index (Phi) is 4.15. The monoisotopic (exact) mass is 394 g/mol. The van der Waals surface area contributed by atoms with Crippen molar-refractivity contribution in [2.45, 2.75) is 55.4 Å². The summed E-state index contributed by atoms with van der Waals surface area (Å²) in [7, 11) is 3.88. The molecule has 2 aliphatic carbocycles. The highest BCUT2D eigenvalue weighted by atomic mass is 19.3. The summed E-state index contributed by atoms with van der Waals surface area (Å²) in [6.07, 6.45) is 3.34. The highest BCUT2D eigenvalue weighted by Crippen LogP contribution is 2.60. The predicted molar refractivity (Wildman–Crippen MR) is 114 cm³/mol. The molecule has 1 aromatic heterocycles. The number of fused-ring (bicyclic) bond motifs is 4. The van der Waals surface area contributed by atoms with Gasteiger partial charge >= 0.3 is 0 Å². The number of nitrogens with one attached hydrogen (secondary N) is 1. The number of aromatic nitrogens is 1. The Labute approximate surface area is 170 Å². The third-order valence-corrected chi connectivity index (χ3v) is 7.67. The van der Waals surface area contributed by atoms with Crippen LogP contribution in [0.5, 0.6) is 0 Å². The number of halogens is 2. The quantitative estimate of drug-likeness (QED) is 0.563. The maximum Gasteiger partial charge on any atom is 0.261 e. The van der Waals surface area contributed by atoms with Gasteiger partial charge in [-0.15, -0.1) is 0 Å². The van der Waals surface area contributed by atoms with E-state index in [-0.39, 0.29) is 6.42 Å². The minimum Gasteiger partial charge on any atom is -0.358 e. The van der Waals surface area contributed by atoms with Crippen LogP contribution in [0.15, 0.2) is 54.6 Å². The second-order valence-corrected chi connectivity index (χ2v) is 9.13. The van der Waals surface area contributed by atoms with Gasteiger partial charge < -0.3 is 4.98 Å². The summed E-state index contributed by atoms with van der Waals surface area (Å²) in [6.45, 7) is 0. The largest absolute Gasteiger partial charge is 0.358 e. The summed E-state index contributed by atoms with van der Waals surface area (Å²) >= 11 is 0. The Morgan fingerprint density at radius 3 is 2.34 bits per heavy atom. The summed E-state index contributed by atoms with van der Waals surface area (Å²) in [5.74, 6) is -2.79. The highest BCUT2D eigenvalue weighted by molar-refractivity contribution is 5.85. The first kappa shape index (κ1) is 18.8. The van der Waals surface area contributed by atoms with Crippen LogP contribution in [-0.4, -0.2) is 29.9 Å². The molecule has 2 aromatic carbocycles. The molecule has 1 spiro atoms. The number of aryl methyl sites for hydroxylation is 1. The molecule has 2 aliphatic rings. The lowest BCUT2D eigenvalue weighted by Crippen LogP contribution is -2.59. The van der Waals surface area contributed by atoms with E-state index in [0.717, 1.165) is 47.0 Å². The van der Waals surface area contributed by atoms with Crippen LogP contribution in [0, 0.1) is 0 Å². The lowest BCUT2D eigenvalue weighted by atomic mass is 9.57. The zero-order chi connectivity index (χ0) is 20.3. The van der Waals surface area contributed by atoms with Gasteiger partial charge in [-0.1, -0.05) is 48.5 Å². The molecule has 4 heteroatoms. The van der Waals surface area contributed by atoms with E-state index in [1.807, 2.05) is 67.5 Å². The third-order valence-electron chi connectivity index (χ3n) is 7.67. The molecular formula is C25H28F2N2. The van der Waals surface area contributed by atoms with Crippen molar-refractivity contribution in [3.63, 3.8) is 0 Å². The molecule has 1 saturated carbocycles. The van der Waals surface area contributed by atoms with Crippen molar-refractivity contribution in [3.05, 3.63) is 71.4 Å². The lowest BCUT2D eigenvalue weighted by Gasteiger charge is -2.55. The fourth-order valence-electron chi connectivity index (χ4n) is 6.04. The first-order valence-corrected chi connectivity index (χ1v) is 10.6. The molecule has 5 rings (SSSR count). The molecule has 0 aliphatic heterocycles. The van der Waals surface area contributed by atoms with E-state index in [9.17, 15) is 0 Å². The second-order valence-electron chi connectivity index (χ2n) is 9.13. The molecular weight excluding hydrogens is 366 g/mol. The molecule has 0 amide bonds. The van der Waals surface area contributed by atoms with Crippen molar-refractivity contribution in [2.24, 2.45) is 0 Å². The molecule has 1 fully saturated rings. The molecule has 2 unspecified atom stereocenters. The minimum atomic E-state index is -2.79. The third kappa shape index (κ3) is 2.54. The number of nitrogens with zero attached hydrogens (tertiary/aromatic N) is 1. The van der Waals surface area contributed by atoms with E-state index >= 15 is 8.78 Å². The average molecular weight is 395 g/mol. The number of alkyl halides is 2. The zero-order valence-corrected chi connectivity index (χ0v) is 17.1. The molecule has 2 atom stereocenters. The molecule has 2 nitrogen and oxygen atoms in total. The van der Waals surface area contributed by atoms with Crippen LogP contribution in [-0.2, 0) is 17.4 Å². The van der Waals surface area contributed by atoms with Gasteiger partial charge in [-0.2, -0.15) is 0 Å². The molecule has 152 valence electrons. The number of H-pyrrole nitrogens is 1.